The van der Waals surface area contributed by atoms with E-state index in [1.807, 2.05) is 12.4 Å². The maximum absolute atomic E-state index is 4.22. The van der Waals surface area contributed by atoms with E-state index in [0.717, 1.165) is 0 Å². The van der Waals surface area contributed by atoms with E-state index >= 15 is 0 Å². The Morgan fingerprint density at radius 1 is 0.720 bits per heavy atom. The second-order valence-corrected chi connectivity index (χ2v) is 7.12. The molecule has 0 bridgehead atoms. The number of aryl methyl sites for hydroxylation is 3. The number of fused-ring (bicyclic) bond motifs is 1. The summed E-state index contributed by atoms with van der Waals surface area (Å²) in [6.45, 7) is 2.15. The lowest BCUT2D eigenvalue weighted by Gasteiger charge is -2.06. The van der Waals surface area contributed by atoms with Gasteiger partial charge in [0, 0.05) is 17.8 Å². The molecule has 0 aliphatic carbocycles. The van der Waals surface area contributed by atoms with Crippen LogP contribution in [-0.4, -0.2) is 4.98 Å². The van der Waals surface area contributed by atoms with Gasteiger partial charge in [-0.3, -0.25) is 4.98 Å². The summed E-state index contributed by atoms with van der Waals surface area (Å²) in [5.41, 5.74) is 4.31. The van der Waals surface area contributed by atoms with E-state index in [9.17, 15) is 0 Å². The molecule has 0 unspecified atom stereocenters. The van der Waals surface area contributed by atoms with Crippen LogP contribution >= 0.6 is 0 Å². The second kappa shape index (κ2) is 9.36. The number of pyridine rings is 1. The predicted octanol–water partition coefficient (Wildman–Crippen LogP) is 6.67. The molecule has 25 heavy (non-hydrogen) atoms. The van der Waals surface area contributed by atoms with Gasteiger partial charge >= 0.3 is 0 Å². The molecular formula is C24H29N. The third kappa shape index (κ3) is 5.42. The first kappa shape index (κ1) is 17.7. The Morgan fingerprint density at radius 2 is 1.44 bits per heavy atom. The number of rotatable bonds is 9. The Morgan fingerprint density at radius 3 is 2.24 bits per heavy atom. The maximum Gasteiger partial charge on any atom is 0.0346 e. The fourth-order valence-corrected chi connectivity index (χ4v) is 3.51. The largest absolute Gasteiger partial charge is 0.264 e. The quantitative estimate of drug-likeness (QED) is 0.399. The van der Waals surface area contributed by atoms with Gasteiger partial charge in [0.25, 0.3) is 0 Å². The Labute approximate surface area is 152 Å². The van der Waals surface area contributed by atoms with Crippen molar-refractivity contribution in [2.75, 3.05) is 0 Å². The van der Waals surface area contributed by atoms with Gasteiger partial charge in [0.1, 0.15) is 0 Å². The molecule has 2 aromatic carbocycles. The summed E-state index contributed by atoms with van der Waals surface area (Å²) in [4.78, 5) is 4.22. The predicted molar refractivity (Wildman–Crippen MR) is 108 cm³/mol. The number of aromatic nitrogens is 1. The molecule has 0 radical (unpaired) electrons. The molecule has 0 spiro atoms. The fraction of sp³-hybridized carbons (Fsp3) is 0.375. The van der Waals surface area contributed by atoms with Crippen molar-refractivity contribution < 1.29 is 0 Å². The van der Waals surface area contributed by atoms with Crippen LogP contribution in [0.1, 0.15) is 55.2 Å². The smallest absolute Gasteiger partial charge is 0.0346 e. The molecule has 0 N–H and O–H groups in total. The third-order valence-electron chi connectivity index (χ3n) is 5.05. The summed E-state index contributed by atoms with van der Waals surface area (Å²) < 4.78 is 0. The minimum Gasteiger partial charge on any atom is -0.264 e. The Bertz CT molecular complexity index is 768. The average Bonchev–Trinajstić information content (AvgIpc) is 2.65. The number of hydrogen-bond acceptors (Lipinski definition) is 1. The molecular weight excluding hydrogens is 302 g/mol. The van der Waals surface area contributed by atoms with Crippen LogP contribution in [-0.2, 0) is 12.8 Å². The molecule has 3 aromatic rings. The zero-order valence-electron chi connectivity index (χ0n) is 15.4. The SMILES string of the molecule is Cc1ccc(CCCCCCCCc2cccc3cnccc23)cc1. The first-order valence-electron chi connectivity index (χ1n) is 9.70. The van der Waals surface area contributed by atoms with Gasteiger partial charge in [-0.15, -0.1) is 0 Å². The molecule has 1 nitrogen and oxygen atoms in total. The molecule has 3 rings (SSSR count). The summed E-state index contributed by atoms with van der Waals surface area (Å²) in [5.74, 6) is 0. The molecule has 0 aliphatic heterocycles. The number of hydrogen-bond donors (Lipinski definition) is 0. The van der Waals surface area contributed by atoms with Crippen molar-refractivity contribution in [2.45, 2.75) is 58.3 Å². The lowest BCUT2D eigenvalue weighted by atomic mass is 10.00. The van der Waals surface area contributed by atoms with E-state index in [-0.39, 0.29) is 0 Å². The van der Waals surface area contributed by atoms with Crippen molar-refractivity contribution in [2.24, 2.45) is 0 Å². The van der Waals surface area contributed by atoms with Crippen LogP contribution in [0, 0.1) is 6.92 Å². The van der Waals surface area contributed by atoms with Crippen molar-refractivity contribution >= 4 is 10.8 Å². The lowest BCUT2D eigenvalue weighted by Crippen LogP contribution is -1.90. The summed E-state index contributed by atoms with van der Waals surface area (Å²) in [5, 5.41) is 2.63. The Kier molecular flexibility index (Phi) is 6.62. The highest BCUT2D eigenvalue weighted by atomic mass is 14.6. The van der Waals surface area contributed by atoms with Crippen LogP contribution in [0.3, 0.4) is 0 Å². The van der Waals surface area contributed by atoms with Gasteiger partial charge in [-0.25, -0.2) is 0 Å². The van der Waals surface area contributed by atoms with Crippen LogP contribution in [0.15, 0.2) is 60.9 Å². The van der Waals surface area contributed by atoms with Crippen LogP contribution in [0.25, 0.3) is 10.8 Å². The van der Waals surface area contributed by atoms with Gasteiger partial charge in [-0.2, -0.15) is 0 Å². The number of benzene rings is 2. The molecule has 0 aliphatic rings. The first-order chi connectivity index (χ1) is 12.3. The van der Waals surface area contributed by atoms with Crippen molar-refractivity contribution in [3.8, 4) is 0 Å². The van der Waals surface area contributed by atoms with Crippen molar-refractivity contribution in [3.63, 3.8) is 0 Å². The Balaban J connectivity index is 1.30. The minimum absolute atomic E-state index is 1.19. The third-order valence-corrected chi connectivity index (χ3v) is 5.05. The molecule has 0 atom stereocenters. The molecule has 0 fully saturated rings. The van der Waals surface area contributed by atoms with Gasteiger partial charge < -0.3 is 0 Å². The van der Waals surface area contributed by atoms with E-state index in [1.54, 1.807) is 0 Å². The van der Waals surface area contributed by atoms with Crippen LogP contribution in [0.2, 0.25) is 0 Å². The second-order valence-electron chi connectivity index (χ2n) is 7.12. The lowest BCUT2D eigenvalue weighted by molar-refractivity contribution is 0.594. The van der Waals surface area contributed by atoms with Crippen LogP contribution in [0.5, 0.6) is 0 Å². The summed E-state index contributed by atoms with van der Waals surface area (Å²) in [6.07, 6.45) is 14.3. The van der Waals surface area contributed by atoms with Gasteiger partial charge in [-0.05, 0) is 55.2 Å². The standard InChI is InChI=1S/C24H29N/c1-20-13-15-21(16-14-20)9-6-4-2-3-5-7-10-22-11-8-12-23-19-25-18-17-24(22)23/h8,11-19H,2-7,9-10H2,1H3. The fourth-order valence-electron chi connectivity index (χ4n) is 3.51. The molecule has 130 valence electrons. The summed E-state index contributed by atoms with van der Waals surface area (Å²) in [6, 6.07) is 17.7. The van der Waals surface area contributed by atoms with Gasteiger partial charge in [0.15, 0.2) is 0 Å². The van der Waals surface area contributed by atoms with E-state index in [4.69, 9.17) is 0 Å². The molecule has 0 saturated heterocycles. The summed E-state index contributed by atoms with van der Waals surface area (Å²) >= 11 is 0. The topological polar surface area (TPSA) is 12.9 Å². The van der Waals surface area contributed by atoms with Crippen LogP contribution < -0.4 is 0 Å². The zero-order chi connectivity index (χ0) is 17.3. The van der Waals surface area contributed by atoms with Crippen LogP contribution in [0.4, 0.5) is 0 Å². The van der Waals surface area contributed by atoms with Crippen molar-refractivity contribution in [1.82, 2.24) is 4.98 Å². The van der Waals surface area contributed by atoms with E-state index in [2.05, 4.69) is 60.4 Å². The molecule has 1 aromatic heterocycles. The Hall–Kier alpha value is -2.15. The van der Waals surface area contributed by atoms with E-state index < -0.39 is 0 Å². The summed E-state index contributed by atoms with van der Waals surface area (Å²) in [7, 11) is 0. The van der Waals surface area contributed by atoms with Gasteiger partial charge in [0.05, 0.1) is 0 Å². The molecule has 1 heteroatoms. The van der Waals surface area contributed by atoms with E-state index in [1.165, 1.54) is 78.8 Å². The highest BCUT2D eigenvalue weighted by Crippen LogP contribution is 2.20. The number of nitrogens with zero attached hydrogens (tertiary/aromatic N) is 1. The first-order valence-corrected chi connectivity index (χ1v) is 9.70. The van der Waals surface area contributed by atoms with Crippen molar-refractivity contribution in [1.29, 1.82) is 0 Å². The maximum atomic E-state index is 4.22. The minimum atomic E-state index is 1.19. The van der Waals surface area contributed by atoms with Crippen molar-refractivity contribution in [3.05, 3.63) is 77.6 Å². The molecule has 0 saturated carbocycles. The highest BCUT2D eigenvalue weighted by molar-refractivity contribution is 5.84. The number of unbranched alkanes of at least 4 members (excludes halogenated alkanes) is 5. The van der Waals surface area contributed by atoms with Gasteiger partial charge in [0.2, 0.25) is 0 Å². The van der Waals surface area contributed by atoms with Gasteiger partial charge in [-0.1, -0.05) is 73.7 Å². The molecule has 0 amide bonds. The normalized spacial score (nSPS) is 11.1. The molecule has 1 heterocycles. The van der Waals surface area contributed by atoms with E-state index in [0.29, 0.717) is 0 Å². The highest BCUT2D eigenvalue weighted by Gasteiger charge is 2.01. The average molecular weight is 332 g/mol. The monoisotopic (exact) mass is 331 g/mol. The zero-order valence-corrected chi connectivity index (χ0v) is 15.4.